The summed E-state index contributed by atoms with van der Waals surface area (Å²) in [7, 11) is 1.59. The molecule has 160 valence electrons. The first-order valence-corrected chi connectivity index (χ1v) is 10.0. The molecule has 2 aromatic rings. The van der Waals surface area contributed by atoms with Crippen molar-refractivity contribution in [2.45, 2.75) is 39.5 Å². The molecule has 0 saturated heterocycles. The van der Waals surface area contributed by atoms with Gasteiger partial charge in [-0.15, -0.1) is 11.3 Å². The lowest BCUT2D eigenvalue weighted by atomic mass is 10.1. The number of halogens is 3. The Kier molecular flexibility index (Phi) is 8.12. The lowest BCUT2D eigenvalue weighted by Crippen LogP contribution is -2.38. The number of rotatable bonds is 8. The van der Waals surface area contributed by atoms with E-state index in [9.17, 15) is 13.2 Å². The van der Waals surface area contributed by atoms with Gasteiger partial charge in [-0.25, -0.2) is 4.98 Å². The lowest BCUT2D eigenvalue weighted by molar-refractivity contribution is -0.140. The van der Waals surface area contributed by atoms with Gasteiger partial charge in [-0.3, -0.25) is 4.99 Å². The molecule has 0 saturated carbocycles. The fourth-order valence-corrected chi connectivity index (χ4v) is 3.24. The van der Waals surface area contributed by atoms with Gasteiger partial charge < -0.3 is 20.1 Å². The highest BCUT2D eigenvalue weighted by Crippen LogP contribution is 2.31. The van der Waals surface area contributed by atoms with E-state index in [-0.39, 0.29) is 12.6 Å². The Labute approximate surface area is 172 Å². The molecule has 1 heterocycles. The van der Waals surface area contributed by atoms with Crippen LogP contribution < -0.4 is 20.1 Å². The molecular formula is C19H25F3N4O2S. The summed E-state index contributed by atoms with van der Waals surface area (Å²) >= 11 is 0.951. The van der Waals surface area contributed by atoms with Crippen molar-refractivity contribution < 1.29 is 22.6 Å². The van der Waals surface area contributed by atoms with E-state index in [1.54, 1.807) is 7.05 Å². The van der Waals surface area contributed by atoms with E-state index >= 15 is 0 Å². The van der Waals surface area contributed by atoms with E-state index in [0.717, 1.165) is 22.3 Å². The minimum absolute atomic E-state index is 0.127. The summed E-state index contributed by atoms with van der Waals surface area (Å²) in [4.78, 5) is 7.73. The van der Waals surface area contributed by atoms with Gasteiger partial charge in [-0.1, -0.05) is 6.07 Å². The predicted octanol–water partition coefficient (Wildman–Crippen LogP) is 4.39. The van der Waals surface area contributed by atoms with Crippen molar-refractivity contribution in [1.29, 1.82) is 0 Å². The normalized spacial score (nSPS) is 13.1. The Morgan fingerprint density at radius 3 is 2.48 bits per heavy atom. The summed E-state index contributed by atoms with van der Waals surface area (Å²) in [6, 6.07) is 5.55. The van der Waals surface area contributed by atoms with Crippen molar-refractivity contribution in [2.24, 2.45) is 4.99 Å². The standard InChI is InChI=1S/C19H25F3N4O2S/c1-5-27-14-8-7-13(9-15(14)28-6-2)12(3)25-18(23-4)24-10-17-26-16(11-29-17)19(20,21)22/h7-9,11-12H,5-6,10H2,1-4H3,(H2,23,24,25). The van der Waals surface area contributed by atoms with Gasteiger partial charge in [0, 0.05) is 12.4 Å². The molecular weight excluding hydrogens is 405 g/mol. The smallest absolute Gasteiger partial charge is 0.434 e. The average molecular weight is 430 g/mol. The van der Waals surface area contributed by atoms with E-state index < -0.39 is 11.9 Å². The molecule has 1 aromatic carbocycles. The van der Waals surface area contributed by atoms with E-state index in [4.69, 9.17) is 9.47 Å². The zero-order chi connectivity index (χ0) is 21.4. The number of nitrogens with one attached hydrogen (secondary N) is 2. The quantitative estimate of drug-likeness (QED) is 0.480. The zero-order valence-electron chi connectivity index (χ0n) is 16.8. The van der Waals surface area contributed by atoms with Crippen molar-refractivity contribution in [3.05, 3.63) is 39.8 Å². The number of alkyl halides is 3. The van der Waals surface area contributed by atoms with Gasteiger partial charge in [0.2, 0.25) is 0 Å². The van der Waals surface area contributed by atoms with Crippen LogP contribution in [0, 0.1) is 0 Å². The number of benzene rings is 1. The number of nitrogens with zero attached hydrogens (tertiary/aromatic N) is 2. The van der Waals surface area contributed by atoms with Crippen LogP contribution in [0.2, 0.25) is 0 Å². The van der Waals surface area contributed by atoms with E-state index in [2.05, 4.69) is 20.6 Å². The molecule has 1 aromatic heterocycles. The van der Waals surface area contributed by atoms with E-state index in [0.29, 0.717) is 35.7 Å². The van der Waals surface area contributed by atoms with Gasteiger partial charge in [-0.05, 0) is 38.5 Å². The first-order valence-electron chi connectivity index (χ1n) is 9.16. The summed E-state index contributed by atoms with van der Waals surface area (Å²) in [5.41, 5.74) is 0.0712. The zero-order valence-corrected chi connectivity index (χ0v) is 17.6. The molecule has 29 heavy (non-hydrogen) atoms. The maximum atomic E-state index is 12.7. The highest BCUT2D eigenvalue weighted by Gasteiger charge is 2.33. The van der Waals surface area contributed by atoms with Gasteiger partial charge in [0.15, 0.2) is 23.2 Å². The van der Waals surface area contributed by atoms with Crippen molar-refractivity contribution >= 4 is 17.3 Å². The second-order valence-corrected chi connectivity index (χ2v) is 6.93. The molecule has 0 bridgehead atoms. The summed E-state index contributed by atoms with van der Waals surface area (Å²) in [5, 5.41) is 7.53. The fourth-order valence-electron chi connectivity index (χ4n) is 2.50. The molecule has 2 N–H and O–H groups in total. The van der Waals surface area contributed by atoms with Crippen molar-refractivity contribution in [3.63, 3.8) is 0 Å². The maximum absolute atomic E-state index is 12.7. The van der Waals surface area contributed by atoms with Gasteiger partial charge in [0.05, 0.1) is 25.8 Å². The van der Waals surface area contributed by atoms with Gasteiger partial charge >= 0.3 is 6.18 Å². The third kappa shape index (κ3) is 6.52. The molecule has 1 atom stereocenters. The van der Waals surface area contributed by atoms with Crippen LogP contribution in [0.4, 0.5) is 13.2 Å². The highest BCUT2D eigenvalue weighted by molar-refractivity contribution is 7.09. The molecule has 0 aliphatic rings. The molecule has 10 heteroatoms. The second kappa shape index (κ2) is 10.3. The Hall–Kier alpha value is -2.49. The van der Waals surface area contributed by atoms with Crippen LogP contribution in [0.1, 0.15) is 43.1 Å². The Morgan fingerprint density at radius 2 is 1.90 bits per heavy atom. The molecule has 0 fully saturated rings. The topological polar surface area (TPSA) is 67.8 Å². The second-order valence-electron chi connectivity index (χ2n) is 5.99. The van der Waals surface area contributed by atoms with Crippen molar-refractivity contribution in [2.75, 3.05) is 20.3 Å². The number of hydrogen-bond acceptors (Lipinski definition) is 5. The SMILES string of the molecule is CCOc1ccc(C(C)NC(=NC)NCc2nc(C(F)(F)F)cs2)cc1OCC. The van der Waals surface area contributed by atoms with E-state index in [1.165, 1.54) is 0 Å². The molecule has 2 rings (SSSR count). The molecule has 1 unspecified atom stereocenters. The first-order chi connectivity index (χ1) is 13.8. The molecule has 0 aliphatic carbocycles. The Bertz CT molecular complexity index is 824. The number of guanidine groups is 1. The molecule has 0 aliphatic heterocycles. The van der Waals surface area contributed by atoms with Crippen LogP contribution in [-0.2, 0) is 12.7 Å². The monoisotopic (exact) mass is 430 g/mol. The summed E-state index contributed by atoms with van der Waals surface area (Å²) < 4.78 is 49.2. The van der Waals surface area contributed by atoms with E-state index in [1.807, 2.05) is 39.0 Å². The van der Waals surface area contributed by atoms with Gasteiger partial charge in [0.1, 0.15) is 5.01 Å². The van der Waals surface area contributed by atoms with Crippen LogP contribution in [0.15, 0.2) is 28.6 Å². The van der Waals surface area contributed by atoms with Crippen molar-refractivity contribution in [3.8, 4) is 11.5 Å². The molecule has 0 spiro atoms. The van der Waals surface area contributed by atoms with Crippen LogP contribution in [-0.4, -0.2) is 31.2 Å². The van der Waals surface area contributed by atoms with Crippen LogP contribution in [0.25, 0.3) is 0 Å². The number of thiazole rings is 1. The average Bonchev–Trinajstić information content (AvgIpc) is 3.16. The van der Waals surface area contributed by atoms with Crippen LogP contribution in [0.3, 0.4) is 0 Å². The maximum Gasteiger partial charge on any atom is 0.434 e. The third-order valence-corrected chi connectivity index (χ3v) is 4.74. The minimum Gasteiger partial charge on any atom is -0.490 e. The largest absolute Gasteiger partial charge is 0.490 e. The highest BCUT2D eigenvalue weighted by atomic mass is 32.1. The number of aliphatic imine (C=N–C) groups is 1. The fraction of sp³-hybridized carbons (Fsp3) is 0.474. The minimum atomic E-state index is -4.44. The predicted molar refractivity (Wildman–Crippen MR) is 108 cm³/mol. The first kappa shape index (κ1) is 22.8. The number of aromatic nitrogens is 1. The molecule has 0 amide bonds. The number of ether oxygens (including phenoxy) is 2. The Balaban J connectivity index is 2.01. The molecule has 6 nitrogen and oxygen atoms in total. The van der Waals surface area contributed by atoms with Crippen molar-refractivity contribution in [1.82, 2.24) is 15.6 Å². The summed E-state index contributed by atoms with van der Waals surface area (Å²) in [5.74, 6) is 1.79. The molecule has 0 radical (unpaired) electrons. The third-order valence-electron chi connectivity index (χ3n) is 3.89. The van der Waals surface area contributed by atoms with Crippen LogP contribution >= 0.6 is 11.3 Å². The Morgan fingerprint density at radius 1 is 1.21 bits per heavy atom. The van der Waals surface area contributed by atoms with Gasteiger partial charge in [0.25, 0.3) is 0 Å². The summed E-state index contributed by atoms with van der Waals surface area (Å²) in [6.45, 7) is 6.95. The van der Waals surface area contributed by atoms with Crippen LogP contribution in [0.5, 0.6) is 11.5 Å². The van der Waals surface area contributed by atoms with Gasteiger partial charge in [-0.2, -0.15) is 13.2 Å². The summed E-state index contributed by atoms with van der Waals surface area (Å²) in [6.07, 6.45) is -4.44. The number of hydrogen-bond donors (Lipinski definition) is 2. The lowest BCUT2D eigenvalue weighted by Gasteiger charge is -2.19.